The summed E-state index contributed by atoms with van der Waals surface area (Å²) in [6.07, 6.45) is 0. The summed E-state index contributed by atoms with van der Waals surface area (Å²) in [7, 11) is 0. The SMILES string of the molecule is Cc1ccc(SCc2cc([N+](=O)[O-])ccc2NN)cc1C. The summed E-state index contributed by atoms with van der Waals surface area (Å²) < 4.78 is 0. The van der Waals surface area contributed by atoms with Gasteiger partial charge in [-0.2, -0.15) is 0 Å². The number of nitrogens with zero attached hydrogens (tertiary/aromatic N) is 1. The molecule has 110 valence electrons. The largest absolute Gasteiger partial charge is 0.324 e. The summed E-state index contributed by atoms with van der Waals surface area (Å²) >= 11 is 1.63. The second-order valence-electron chi connectivity index (χ2n) is 4.78. The van der Waals surface area contributed by atoms with E-state index in [1.165, 1.54) is 17.2 Å². The Morgan fingerprint density at radius 2 is 1.95 bits per heavy atom. The Bertz CT molecular complexity index is 674. The first kappa shape index (κ1) is 15.3. The summed E-state index contributed by atoms with van der Waals surface area (Å²) in [4.78, 5) is 11.6. The fraction of sp³-hybridized carbons (Fsp3) is 0.200. The number of hydrazine groups is 1. The van der Waals surface area contributed by atoms with Gasteiger partial charge >= 0.3 is 0 Å². The van der Waals surface area contributed by atoms with Crippen LogP contribution in [0.2, 0.25) is 0 Å². The van der Waals surface area contributed by atoms with Gasteiger partial charge in [0, 0.05) is 22.8 Å². The van der Waals surface area contributed by atoms with E-state index in [9.17, 15) is 10.1 Å². The topological polar surface area (TPSA) is 81.2 Å². The van der Waals surface area contributed by atoms with Crippen LogP contribution in [0.25, 0.3) is 0 Å². The molecule has 2 aromatic carbocycles. The van der Waals surface area contributed by atoms with Gasteiger partial charge < -0.3 is 5.43 Å². The van der Waals surface area contributed by atoms with Crippen molar-refractivity contribution in [3.63, 3.8) is 0 Å². The highest BCUT2D eigenvalue weighted by Gasteiger charge is 2.10. The molecule has 0 saturated carbocycles. The maximum atomic E-state index is 10.9. The molecule has 0 unspecified atom stereocenters. The monoisotopic (exact) mass is 303 g/mol. The molecule has 0 aromatic heterocycles. The Kier molecular flexibility index (Phi) is 4.82. The number of hydrogen-bond acceptors (Lipinski definition) is 5. The summed E-state index contributed by atoms with van der Waals surface area (Å²) in [5, 5.41) is 10.9. The average Bonchev–Trinajstić information content (AvgIpc) is 2.48. The zero-order valence-corrected chi connectivity index (χ0v) is 12.7. The van der Waals surface area contributed by atoms with Crippen molar-refractivity contribution in [2.75, 3.05) is 5.43 Å². The third-order valence-corrected chi connectivity index (χ3v) is 4.37. The second kappa shape index (κ2) is 6.60. The molecular formula is C15H17N3O2S. The molecular weight excluding hydrogens is 286 g/mol. The number of nitro groups is 1. The highest BCUT2D eigenvalue weighted by atomic mass is 32.2. The zero-order chi connectivity index (χ0) is 15.4. The van der Waals surface area contributed by atoms with Crippen molar-refractivity contribution in [2.24, 2.45) is 5.84 Å². The molecule has 6 heteroatoms. The van der Waals surface area contributed by atoms with Crippen molar-refractivity contribution in [2.45, 2.75) is 24.5 Å². The van der Waals surface area contributed by atoms with Crippen molar-refractivity contribution < 1.29 is 4.92 Å². The standard InChI is InChI=1S/C15H17N3O2S/c1-10-3-5-14(7-11(10)2)21-9-12-8-13(18(19)20)4-6-15(12)17-16/h3-8,17H,9,16H2,1-2H3. The molecule has 21 heavy (non-hydrogen) atoms. The number of nitro benzene ring substituents is 1. The maximum Gasteiger partial charge on any atom is 0.269 e. The van der Waals surface area contributed by atoms with Crippen molar-refractivity contribution in [1.82, 2.24) is 0 Å². The van der Waals surface area contributed by atoms with Crippen LogP contribution >= 0.6 is 11.8 Å². The first-order chi connectivity index (χ1) is 10.0. The average molecular weight is 303 g/mol. The number of rotatable bonds is 5. The van der Waals surface area contributed by atoms with Gasteiger partial charge in [0.15, 0.2) is 0 Å². The predicted octanol–water partition coefficient (Wildman–Crippen LogP) is 3.79. The second-order valence-corrected chi connectivity index (χ2v) is 5.83. The lowest BCUT2D eigenvalue weighted by molar-refractivity contribution is -0.384. The van der Waals surface area contributed by atoms with E-state index in [2.05, 4.69) is 37.5 Å². The summed E-state index contributed by atoms with van der Waals surface area (Å²) in [5.74, 6) is 6.08. The molecule has 0 fully saturated rings. The van der Waals surface area contributed by atoms with Crippen LogP contribution in [0.4, 0.5) is 11.4 Å². The third-order valence-electron chi connectivity index (χ3n) is 3.33. The van der Waals surface area contributed by atoms with Crippen LogP contribution in [0.15, 0.2) is 41.3 Å². The zero-order valence-electron chi connectivity index (χ0n) is 11.9. The Labute approximate surface area is 127 Å². The third kappa shape index (κ3) is 3.74. The van der Waals surface area contributed by atoms with Gasteiger partial charge in [-0.25, -0.2) is 0 Å². The minimum Gasteiger partial charge on any atom is -0.324 e. The summed E-state index contributed by atoms with van der Waals surface area (Å²) in [5.41, 5.74) is 6.66. The number of hydrogen-bond donors (Lipinski definition) is 2. The molecule has 0 spiro atoms. The lowest BCUT2D eigenvalue weighted by Crippen LogP contribution is -2.09. The number of aryl methyl sites for hydroxylation is 2. The molecule has 5 nitrogen and oxygen atoms in total. The summed E-state index contributed by atoms with van der Waals surface area (Å²) in [6.45, 7) is 4.14. The molecule has 0 aliphatic carbocycles. The fourth-order valence-electron chi connectivity index (χ4n) is 1.92. The number of benzene rings is 2. The van der Waals surface area contributed by atoms with Crippen LogP contribution in [0.1, 0.15) is 16.7 Å². The molecule has 0 heterocycles. The highest BCUT2D eigenvalue weighted by Crippen LogP contribution is 2.30. The van der Waals surface area contributed by atoms with Gasteiger partial charge in [0.25, 0.3) is 5.69 Å². The molecule has 0 saturated heterocycles. The van der Waals surface area contributed by atoms with E-state index in [0.29, 0.717) is 11.4 Å². The maximum absolute atomic E-state index is 10.9. The van der Waals surface area contributed by atoms with E-state index in [1.807, 2.05) is 0 Å². The number of nitrogens with one attached hydrogen (secondary N) is 1. The van der Waals surface area contributed by atoms with Gasteiger partial charge in [-0.1, -0.05) is 6.07 Å². The Morgan fingerprint density at radius 3 is 2.57 bits per heavy atom. The van der Waals surface area contributed by atoms with Crippen LogP contribution in [-0.2, 0) is 5.75 Å². The molecule has 0 atom stereocenters. The van der Waals surface area contributed by atoms with E-state index in [0.717, 1.165) is 10.5 Å². The van der Waals surface area contributed by atoms with Crippen molar-refractivity contribution in [3.8, 4) is 0 Å². The van der Waals surface area contributed by atoms with Gasteiger partial charge in [-0.15, -0.1) is 11.8 Å². The fourth-order valence-corrected chi connectivity index (χ4v) is 2.90. The number of nitrogens with two attached hydrogens (primary N) is 1. The van der Waals surface area contributed by atoms with Gasteiger partial charge in [0.1, 0.15) is 0 Å². The first-order valence-electron chi connectivity index (χ1n) is 6.45. The van der Waals surface area contributed by atoms with Crippen LogP contribution in [0, 0.1) is 24.0 Å². The van der Waals surface area contributed by atoms with Gasteiger partial charge in [0.2, 0.25) is 0 Å². The molecule has 0 amide bonds. The van der Waals surface area contributed by atoms with Crippen LogP contribution in [0.5, 0.6) is 0 Å². The van der Waals surface area contributed by atoms with Gasteiger partial charge in [-0.3, -0.25) is 16.0 Å². The smallest absolute Gasteiger partial charge is 0.269 e. The Hall–Kier alpha value is -2.05. The van der Waals surface area contributed by atoms with Crippen LogP contribution in [0.3, 0.4) is 0 Å². The van der Waals surface area contributed by atoms with Crippen LogP contribution < -0.4 is 11.3 Å². The lowest BCUT2D eigenvalue weighted by Gasteiger charge is -2.09. The quantitative estimate of drug-likeness (QED) is 0.380. The molecule has 2 aromatic rings. The van der Waals surface area contributed by atoms with E-state index in [-0.39, 0.29) is 5.69 Å². The minimum absolute atomic E-state index is 0.0738. The molecule has 2 rings (SSSR count). The molecule has 0 aliphatic rings. The van der Waals surface area contributed by atoms with Gasteiger partial charge in [0.05, 0.1) is 10.6 Å². The first-order valence-corrected chi connectivity index (χ1v) is 7.44. The van der Waals surface area contributed by atoms with Crippen molar-refractivity contribution in [1.29, 1.82) is 0 Å². The summed E-state index contributed by atoms with van der Waals surface area (Å²) in [6, 6.07) is 10.9. The number of anilines is 1. The number of thioether (sulfide) groups is 1. The lowest BCUT2D eigenvalue weighted by atomic mass is 10.1. The van der Waals surface area contributed by atoms with E-state index in [4.69, 9.17) is 5.84 Å². The predicted molar refractivity (Wildman–Crippen MR) is 86.4 cm³/mol. The number of non-ortho nitro benzene ring substituents is 1. The molecule has 0 aliphatic heterocycles. The molecule has 3 N–H and O–H groups in total. The minimum atomic E-state index is -0.398. The van der Waals surface area contributed by atoms with Crippen molar-refractivity contribution >= 4 is 23.1 Å². The Morgan fingerprint density at radius 1 is 1.19 bits per heavy atom. The van der Waals surface area contributed by atoms with E-state index < -0.39 is 4.92 Å². The van der Waals surface area contributed by atoms with E-state index >= 15 is 0 Å². The van der Waals surface area contributed by atoms with Gasteiger partial charge in [-0.05, 0) is 48.7 Å². The van der Waals surface area contributed by atoms with E-state index in [1.54, 1.807) is 23.9 Å². The number of nitrogen functional groups attached to an aromatic ring is 1. The van der Waals surface area contributed by atoms with Crippen LogP contribution in [-0.4, -0.2) is 4.92 Å². The van der Waals surface area contributed by atoms with Crippen molar-refractivity contribution in [3.05, 3.63) is 63.2 Å². The Balaban J connectivity index is 2.19. The molecule has 0 bridgehead atoms. The normalized spacial score (nSPS) is 10.4. The highest BCUT2D eigenvalue weighted by molar-refractivity contribution is 7.98. The molecule has 0 radical (unpaired) electrons.